The van der Waals surface area contributed by atoms with Crippen LogP contribution in [0, 0.1) is 0 Å². The maximum Gasteiger partial charge on any atom is 0.303 e. The predicted molar refractivity (Wildman–Crippen MR) is 55.7 cm³/mol. The number of nitrogens with two attached hydrogens (primary N) is 1. The summed E-state index contributed by atoms with van der Waals surface area (Å²) in [6.07, 6.45) is 2.14. The third-order valence-corrected chi connectivity index (χ3v) is 2.52. The summed E-state index contributed by atoms with van der Waals surface area (Å²) < 4.78 is 0.679. The van der Waals surface area contributed by atoms with Gasteiger partial charge in [0, 0.05) is 24.2 Å². The van der Waals surface area contributed by atoms with Gasteiger partial charge in [-0.05, 0) is 28.4 Å². The van der Waals surface area contributed by atoms with Crippen LogP contribution in [0.5, 0.6) is 0 Å². The number of carboxylic acid groups (broad SMARTS) is 1. The first-order chi connectivity index (χ1) is 6.61. The maximum absolute atomic E-state index is 10.3. The van der Waals surface area contributed by atoms with Crippen molar-refractivity contribution in [3.63, 3.8) is 0 Å². The summed E-state index contributed by atoms with van der Waals surface area (Å²) in [7, 11) is 0. The molecule has 1 heterocycles. The Balaban J connectivity index is 2.65. The topological polar surface area (TPSA) is 76.2 Å². The molecule has 0 aliphatic heterocycles. The number of aromatic nitrogens is 1. The monoisotopic (exact) mass is 258 g/mol. The summed E-state index contributed by atoms with van der Waals surface area (Å²) in [5, 5.41) is 8.50. The minimum Gasteiger partial charge on any atom is -0.481 e. The van der Waals surface area contributed by atoms with E-state index in [0.29, 0.717) is 11.0 Å². The molecule has 0 spiro atoms. The van der Waals surface area contributed by atoms with Crippen molar-refractivity contribution in [2.24, 2.45) is 5.73 Å². The summed E-state index contributed by atoms with van der Waals surface area (Å²) in [6.45, 7) is 0. The number of aliphatic carboxylic acids is 1. The zero-order valence-corrected chi connectivity index (χ0v) is 9.07. The lowest BCUT2D eigenvalue weighted by Gasteiger charge is -2.11. The molecular formula is C9H11BrN2O2. The molecule has 5 heteroatoms. The van der Waals surface area contributed by atoms with Crippen LogP contribution in [0.2, 0.25) is 0 Å². The van der Waals surface area contributed by atoms with E-state index in [1.165, 1.54) is 0 Å². The van der Waals surface area contributed by atoms with Gasteiger partial charge in [0.25, 0.3) is 0 Å². The van der Waals surface area contributed by atoms with E-state index in [9.17, 15) is 4.79 Å². The Kier molecular flexibility index (Phi) is 4.03. The summed E-state index contributed by atoms with van der Waals surface area (Å²) >= 11 is 3.27. The summed E-state index contributed by atoms with van der Waals surface area (Å²) in [5.74, 6) is -0.833. The first-order valence-corrected chi connectivity index (χ1v) is 4.98. The summed E-state index contributed by atoms with van der Waals surface area (Å²) in [6, 6.07) is 3.33. The first kappa shape index (κ1) is 11.1. The van der Waals surface area contributed by atoms with Crippen LogP contribution in [-0.2, 0) is 4.79 Å². The van der Waals surface area contributed by atoms with Gasteiger partial charge in [-0.1, -0.05) is 6.07 Å². The van der Waals surface area contributed by atoms with Gasteiger partial charge < -0.3 is 10.8 Å². The SMILES string of the molecule is NC(CCC(=O)O)c1cccnc1Br. The third kappa shape index (κ3) is 3.08. The number of carboxylic acids is 1. The van der Waals surface area contributed by atoms with Gasteiger partial charge in [-0.2, -0.15) is 0 Å². The van der Waals surface area contributed by atoms with Gasteiger partial charge in [0.1, 0.15) is 4.60 Å². The third-order valence-electron chi connectivity index (χ3n) is 1.86. The lowest BCUT2D eigenvalue weighted by Crippen LogP contribution is -2.13. The highest BCUT2D eigenvalue weighted by atomic mass is 79.9. The van der Waals surface area contributed by atoms with Crippen molar-refractivity contribution < 1.29 is 9.90 Å². The van der Waals surface area contributed by atoms with Crippen molar-refractivity contribution in [3.8, 4) is 0 Å². The van der Waals surface area contributed by atoms with Crippen molar-refractivity contribution in [2.45, 2.75) is 18.9 Å². The van der Waals surface area contributed by atoms with Crippen LogP contribution < -0.4 is 5.73 Å². The average molecular weight is 259 g/mol. The number of carbonyl (C=O) groups is 1. The second-order valence-electron chi connectivity index (χ2n) is 2.92. The van der Waals surface area contributed by atoms with Crippen molar-refractivity contribution in [1.82, 2.24) is 4.98 Å². The minimum atomic E-state index is -0.833. The van der Waals surface area contributed by atoms with Crippen LogP contribution in [0.3, 0.4) is 0 Å². The highest BCUT2D eigenvalue weighted by molar-refractivity contribution is 9.10. The molecule has 14 heavy (non-hydrogen) atoms. The van der Waals surface area contributed by atoms with Crippen LogP contribution in [0.4, 0.5) is 0 Å². The van der Waals surface area contributed by atoms with Crippen molar-refractivity contribution >= 4 is 21.9 Å². The molecule has 1 unspecified atom stereocenters. The van der Waals surface area contributed by atoms with Gasteiger partial charge in [0.15, 0.2) is 0 Å². The normalized spacial score (nSPS) is 12.4. The number of pyridine rings is 1. The highest BCUT2D eigenvalue weighted by Gasteiger charge is 2.11. The van der Waals surface area contributed by atoms with Crippen molar-refractivity contribution in [2.75, 3.05) is 0 Å². The fraction of sp³-hybridized carbons (Fsp3) is 0.333. The van der Waals surface area contributed by atoms with Gasteiger partial charge in [-0.15, -0.1) is 0 Å². The number of hydrogen-bond acceptors (Lipinski definition) is 3. The fourth-order valence-electron chi connectivity index (χ4n) is 1.11. The molecule has 1 aromatic rings. The average Bonchev–Trinajstić information content (AvgIpc) is 2.15. The Morgan fingerprint density at radius 2 is 2.43 bits per heavy atom. The van der Waals surface area contributed by atoms with E-state index in [1.807, 2.05) is 6.07 Å². The fourth-order valence-corrected chi connectivity index (χ4v) is 1.65. The van der Waals surface area contributed by atoms with E-state index in [-0.39, 0.29) is 12.5 Å². The Hall–Kier alpha value is -0.940. The number of halogens is 1. The largest absolute Gasteiger partial charge is 0.481 e. The minimum absolute atomic E-state index is 0.0719. The second-order valence-corrected chi connectivity index (χ2v) is 3.67. The molecule has 0 aromatic carbocycles. The lowest BCUT2D eigenvalue weighted by molar-refractivity contribution is -0.137. The van der Waals surface area contributed by atoms with Crippen LogP contribution in [0.15, 0.2) is 22.9 Å². The van der Waals surface area contributed by atoms with Gasteiger partial charge in [-0.3, -0.25) is 4.79 Å². The van der Waals surface area contributed by atoms with Crippen LogP contribution in [-0.4, -0.2) is 16.1 Å². The zero-order chi connectivity index (χ0) is 10.6. The Labute approximate surface area is 90.3 Å². The molecule has 4 nitrogen and oxygen atoms in total. The molecule has 0 bridgehead atoms. The molecular weight excluding hydrogens is 248 g/mol. The molecule has 0 aliphatic rings. The molecule has 0 aliphatic carbocycles. The van der Waals surface area contributed by atoms with E-state index >= 15 is 0 Å². The maximum atomic E-state index is 10.3. The smallest absolute Gasteiger partial charge is 0.303 e. The molecule has 1 rings (SSSR count). The van der Waals surface area contributed by atoms with Crippen LogP contribution in [0.1, 0.15) is 24.4 Å². The van der Waals surface area contributed by atoms with Crippen LogP contribution in [0.25, 0.3) is 0 Å². The lowest BCUT2D eigenvalue weighted by atomic mass is 10.1. The molecule has 76 valence electrons. The molecule has 0 saturated heterocycles. The molecule has 0 saturated carbocycles. The second kappa shape index (κ2) is 5.07. The Morgan fingerprint density at radius 3 is 3.00 bits per heavy atom. The van der Waals surface area contributed by atoms with Gasteiger partial charge in [-0.25, -0.2) is 4.98 Å². The number of nitrogens with zero attached hydrogens (tertiary/aromatic N) is 1. The van der Waals surface area contributed by atoms with Crippen LogP contribution >= 0.6 is 15.9 Å². The van der Waals surface area contributed by atoms with E-state index in [0.717, 1.165) is 5.56 Å². The van der Waals surface area contributed by atoms with E-state index in [4.69, 9.17) is 10.8 Å². The first-order valence-electron chi connectivity index (χ1n) is 4.19. The van der Waals surface area contributed by atoms with Crippen molar-refractivity contribution in [3.05, 3.63) is 28.5 Å². The standard InChI is InChI=1S/C9H11BrN2O2/c10-9-6(2-1-5-12-9)7(11)3-4-8(13)14/h1-2,5,7H,3-4,11H2,(H,13,14). The Bertz CT molecular complexity index is 330. The van der Waals surface area contributed by atoms with E-state index in [2.05, 4.69) is 20.9 Å². The molecule has 0 radical (unpaired) electrons. The number of hydrogen-bond donors (Lipinski definition) is 2. The molecule has 0 fully saturated rings. The predicted octanol–water partition coefficient (Wildman–Crippen LogP) is 1.71. The highest BCUT2D eigenvalue weighted by Crippen LogP contribution is 2.22. The van der Waals surface area contributed by atoms with Gasteiger partial charge in [0.05, 0.1) is 0 Å². The number of rotatable bonds is 4. The zero-order valence-electron chi connectivity index (χ0n) is 7.48. The van der Waals surface area contributed by atoms with E-state index in [1.54, 1.807) is 12.3 Å². The molecule has 3 N–H and O–H groups in total. The van der Waals surface area contributed by atoms with Crippen molar-refractivity contribution in [1.29, 1.82) is 0 Å². The van der Waals surface area contributed by atoms with E-state index < -0.39 is 5.97 Å². The Morgan fingerprint density at radius 1 is 1.71 bits per heavy atom. The molecule has 1 atom stereocenters. The molecule has 0 amide bonds. The quantitative estimate of drug-likeness (QED) is 0.807. The van der Waals surface area contributed by atoms with Gasteiger partial charge in [0.2, 0.25) is 0 Å². The molecule has 1 aromatic heterocycles. The summed E-state index contributed by atoms with van der Waals surface area (Å²) in [5.41, 5.74) is 6.65. The van der Waals surface area contributed by atoms with Gasteiger partial charge >= 0.3 is 5.97 Å². The summed E-state index contributed by atoms with van der Waals surface area (Å²) in [4.78, 5) is 14.4.